The van der Waals surface area contributed by atoms with Gasteiger partial charge in [-0.3, -0.25) is 9.59 Å². The SMILES string of the molecule is Cc1ccc(CC[C@@H](NCCC(=O)O)C(=O)O)cc1. The maximum atomic E-state index is 11.0. The van der Waals surface area contributed by atoms with Crippen molar-refractivity contribution in [2.24, 2.45) is 0 Å². The van der Waals surface area contributed by atoms with E-state index in [1.807, 2.05) is 31.2 Å². The molecule has 5 nitrogen and oxygen atoms in total. The minimum absolute atomic E-state index is 0.0751. The topological polar surface area (TPSA) is 86.6 Å². The number of rotatable bonds is 8. The summed E-state index contributed by atoms with van der Waals surface area (Å²) in [6, 6.07) is 7.23. The van der Waals surface area contributed by atoms with Crippen molar-refractivity contribution in [2.75, 3.05) is 6.54 Å². The average Bonchev–Trinajstić information content (AvgIpc) is 2.34. The third-order valence-corrected chi connectivity index (χ3v) is 2.87. The predicted octanol–water partition coefficient (Wildman–Crippen LogP) is 1.45. The number of aliphatic carboxylic acids is 2. The molecule has 0 fully saturated rings. The molecule has 0 aliphatic rings. The number of hydrogen-bond donors (Lipinski definition) is 3. The summed E-state index contributed by atoms with van der Waals surface area (Å²) >= 11 is 0. The van der Waals surface area contributed by atoms with Crippen molar-refractivity contribution in [2.45, 2.75) is 32.2 Å². The van der Waals surface area contributed by atoms with E-state index in [0.717, 1.165) is 11.1 Å². The van der Waals surface area contributed by atoms with Gasteiger partial charge in [0.05, 0.1) is 6.42 Å². The van der Waals surface area contributed by atoms with Gasteiger partial charge >= 0.3 is 11.9 Å². The fourth-order valence-electron chi connectivity index (χ4n) is 1.73. The van der Waals surface area contributed by atoms with Gasteiger partial charge in [-0.2, -0.15) is 0 Å². The highest BCUT2D eigenvalue weighted by Gasteiger charge is 2.16. The second-order valence-corrected chi connectivity index (χ2v) is 4.51. The van der Waals surface area contributed by atoms with Crippen LogP contribution in [0.5, 0.6) is 0 Å². The minimum Gasteiger partial charge on any atom is -0.481 e. The van der Waals surface area contributed by atoms with Crippen LogP contribution in [0.15, 0.2) is 24.3 Å². The quantitative estimate of drug-likeness (QED) is 0.662. The number of benzene rings is 1. The summed E-state index contributed by atoms with van der Waals surface area (Å²) in [7, 11) is 0. The fourth-order valence-corrected chi connectivity index (χ4v) is 1.73. The summed E-state index contributed by atoms with van der Waals surface area (Å²) in [4.78, 5) is 21.4. The minimum atomic E-state index is -0.947. The van der Waals surface area contributed by atoms with Crippen molar-refractivity contribution in [3.05, 3.63) is 35.4 Å². The largest absolute Gasteiger partial charge is 0.481 e. The van der Waals surface area contributed by atoms with Crippen LogP contribution in [0.3, 0.4) is 0 Å². The van der Waals surface area contributed by atoms with Crippen molar-refractivity contribution in [3.8, 4) is 0 Å². The number of carboxylic acid groups (broad SMARTS) is 2. The Morgan fingerprint density at radius 3 is 2.37 bits per heavy atom. The standard InChI is InChI=1S/C14H19NO4/c1-10-2-4-11(5-3-10)6-7-12(14(18)19)15-9-8-13(16)17/h2-5,12,15H,6-9H2,1H3,(H,16,17)(H,18,19)/t12-/m1/s1. The Labute approximate surface area is 112 Å². The van der Waals surface area contributed by atoms with Crippen molar-refractivity contribution in [1.82, 2.24) is 5.32 Å². The molecular weight excluding hydrogens is 246 g/mol. The van der Waals surface area contributed by atoms with Crippen LogP contribution in [-0.2, 0) is 16.0 Å². The molecule has 104 valence electrons. The van der Waals surface area contributed by atoms with Gasteiger partial charge in [-0.25, -0.2) is 0 Å². The van der Waals surface area contributed by atoms with Crippen LogP contribution in [0.1, 0.15) is 24.0 Å². The van der Waals surface area contributed by atoms with Gasteiger partial charge in [-0.1, -0.05) is 29.8 Å². The molecule has 0 aromatic heterocycles. The number of carbonyl (C=O) groups is 2. The molecule has 0 aliphatic heterocycles. The molecule has 19 heavy (non-hydrogen) atoms. The number of aryl methyl sites for hydroxylation is 2. The number of hydrogen-bond acceptors (Lipinski definition) is 3. The average molecular weight is 265 g/mol. The Kier molecular flexibility index (Phi) is 6.02. The number of nitrogens with one attached hydrogen (secondary N) is 1. The molecule has 0 saturated carbocycles. The molecule has 0 bridgehead atoms. The van der Waals surface area contributed by atoms with E-state index in [2.05, 4.69) is 5.32 Å². The Morgan fingerprint density at radius 2 is 1.84 bits per heavy atom. The Balaban J connectivity index is 2.43. The van der Waals surface area contributed by atoms with Crippen LogP contribution in [0, 0.1) is 6.92 Å². The highest BCUT2D eigenvalue weighted by molar-refractivity contribution is 5.73. The van der Waals surface area contributed by atoms with E-state index in [1.165, 1.54) is 0 Å². The van der Waals surface area contributed by atoms with Gasteiger partial charge in [-0.05, 0) is 25.3 Å². The van der Waals surface area contributed by atoms with Crippen molar-refractivity contribution in [3.63, 3.8) is 0 Å². The van der Waals surface area contributed by atoms with E-state index in [0.29, 0.717) is 12.8 Å². The Hall–Kier alpha value is -1.88. The van der Waals surface area contributed by atoms with E-state index >= 15 is 0 Å². The van der Waals surface area contributed by atoms with Crippen LogP contribution in [0.25, 0.3) is 0 Å². The molecule has 0 radical (unpaired) electrons. The first kappa shape index (κ1) is 15.2. The molecule has 1 rings (SSSR count). The van der Waals surface area contributed by atoms with Crippen molar-refractivity contribution >= 4 is 11.9 Å². The predicted molar refractivity (Wildman–Crippen MR) is 71.2 cm³/mol. The molecule has 1 aromatic rings. The molecule has 0 saturated heterocycles. The van der Waals surface area contributed by atoms with Gasteiger partial charge in [0.2, 0.25) is 0 Å². The highest BCUT2D eigenvalue weighted by Crippen LogP contribution is 2.07. The van der Waals surface area contributed by atoms with Crippen molar-refractivity contribution < 1.29 is 19.8 Å². The monoisotopic (exact) mass is 265 g/mol. The fraction of sp³-hybridized carbons (Fsp3) is 0.429. The summed E-state index contributed by atoms with van der Waals surface area (Å²) in [5, 5.41) is 20.3. The van der Waals surface area contributed by atoms with Gasteiger partial charge in [0, 0.05) is 6.54 Å². The number of carboxylic acids is 2. The molecule has 5 heteroatoms. The van der Waals surface area contributed by atoms with Crippen LogP contribution in [0.4, 0.5) is 0 Å². The highest BCUT2D eigenvalue weighted by atomic mass is 16.4. The normalized spacial score (nSPS) is 12.1. The Morgan fingerprint density at radius 1 is 1.21 bits per heavy atom. The summed E-state index contributed by atoms with van der Waals surface area (Å²) in [5.74, 6) is -1.88. The summed E-state index contributed by atoms with van der Waals surface area (Å²) < 4.78 is 0. The van der Waals surface area contributed by atoms with Crippen LogP contribution in [0.2, 0.25) is 0 Å². The first-order valence-corrected chi connectivity index (χ1v) is 6.22. The van der Waals surface area contributed by atoms with E-state index in [-0.39, 0.29) is 13.0 Å². The summed E-state index contributed by atoms with van der Waals surface area (Å²) in [5.41, 5.74) is 2.25. The molecule has 3 N–H and O–H groups in total. The molecule has 0 aliphatic carbocycles. The first-order valence-electron chi connectivity index (χ1n) is 6.22. The van der Waals surface area contributed by atoms with Gasteiger partial charge < -0.3 is 15.5 Å². The van der Waals surface area contributed by atoms with Gasteiger partial charge in [0.15, 0.2) is 0 Å². The molecule has 0 spiro atoms. The van der Waals surface area contributed by atoms with Crippen molar-refractivity contribution in [1.29, 1.82) is 0 Å². The van der Waals surface area contributed by atoms with Crippen LogP contribution >= 0.6 is 0 Å². The first-order chi connectivity index (χ1) is 8.99. The van der Waals surface area contributed by atoms with Gasteiger partial charge in [0.25, 0.3) is 0 Å². The van der Waals surface area contributed by atoms with E-state index in [1.54, 1.807) is 0 Å². The molecule has 0 amide bonds. The molecule has 1 aromatic carbocycles. The molecule has 0 unspecified atom stereocenters. The lowest BCUT2D eigenvalue weighted by Gasteiger charge is -2.13. The maximum Gasteiger partial charge on any atom is 0.320 e. The smallest absolute Gasteiger partial charge is 0.320 e. The maximum absolute atomic E-state index is 11.0. The zero-order valence-electron chi connectivity index (χ0n) is 10.9. The van der Waals surface area contributed by atoms with E-state index < -0.39 is 18.0 Å². The second-order valence-electron chi connectivity index (χ2n) is 4.51. The Bertz CT molecular complexity index is 428. The lowest BCUT2D eigenvalue weighted by atomic mass is 10.0. The molecular formula is C14H19NO4. The summed E-state index contributed by atoms with van der Waals surface area (Å²) in [6.45, 7) is 2.16. The van der Waals surface area contributed by atoms with Gasteiger partial charge in [0.1, 0.15) is 6.04 Å². The van der Waals surface area contributed by atoms with Crippen LogP contribution < -0.4 is 5.32 Å². The van der Waals surface area contributed by atoms with Crippen LogP contribution in [-0.4, -0.2) is 34.7 Å². The lowest BCUT2D eigenvalue weighted by molar-refractivity contribution is -0.141. The zero-order valence-corrected chi connectivity index (χ0v) is 10.9. The zero-order chi connectivity index (χ0) is 14.3. The molecule has 0 heterocycles. The van der Waals surface area contributed by atoms with E-state index in [9.17, 15) is 9.59 Å². The van der Waals surface area contributed by atoms with Gasteiger partial charge in [-0.15, -0.1) is 0 Å². The van der Waals surface area contributed by atoms with E-state index in [4.69, 9.17) is 10.2 Å². The summed E-state index contributed by atoms with van der Waals surface area (Å²) in [6.07, 6.45) is 1.02. The third-order valence-electron chi connectivity index (χ3n) is 2.87. The second kappa shape index (κ2) is 7.53. The lowest BCUT2D eigenvalue weighted by Crippen LogP contribution is -2.38. The third kappa shape index (κ3) is 6.01. The molecule has 1 atom stereocenters.